The van der Waals surface area contributed by atoms with E-state index in [1.54, 1.807) is 6.21 Å². The van der Waals surface area contributed by atoms with Crippen LogP contribution in [0, 0.1) is 13.8 Å². The molecule has 2 aromatic rings. The summed E-state index contributed by atoms with van der Waals surface area (Å²) in [6, 6.07) is 11.9. The van der Waals surface area contributed by atoms with Gasteiger partial charge in [0.2, 0.25) is 5.91 Å². The molecule has 0 saturated heterocycles. The summed E-state index contributed by atoms with van der Waals surface area (Å²) < 4.78 is 2.10. The first-order valence-electron chi connectivity index (χ1n) is 6.92. The number of nitrogens with one attached hydrogen (secondary N) is 1. The maximum atomic E-state index is 11.9. The van der Waals surface area contributed by atoms with Gasteiger partial charge in [-0.2, -0.15) is 5.10 Å². The third kappa shape index (κ3) is 5.79. The molecule has 0 aromatic heterocycles. The van der Waals surface area contributed by atoms with E-state index >= 15 is 0 Å². The van der Waals surface area contributed by atoms with Crippen LogP contribution in [-0.2, 0) is 4.79 Å². The molecule has 0 aliphatic carbocycles. The zero-order chi connectivity index (χ0) is 16.8. The van der Waals surface area contributed by atoms with Crippen LogP contribution in [0.4, 0.5) is 0 Å². The number of amides is 1. The lowest BCUT2D eigenvalue weighted by atomic mass is 10.2. The number of carbonyl (C=O) groups excluding carboxylic acids is 1. The van der Waals surface area contributed by atoms with Gasteiger partial charge in [0, 0.05) is 13.8 Å². The van der Waals surface area contributed by atoms with Crippen LogP contribution in [0.25, 0.3) is 0 Å². The van der Waals surface area contributed by atoms with Crippen molar-refractivity contribution in [2.24, 2.45) is 5.10 Å². The van der Waals surface area contributed by atoms with Gasteiger partial charge in [-0.1, -0.05) is 44.0 Å². The Labute approximate surface area is 157 Å². The monoisotopic (exact) mass is 454 g/mol. The van der Waals surface area contributed by atoms with Crippen molar-refractivity contribution in [3.8, 4) is 0 Å². The van der Waals surface area contributed by atoms with Crippen molar-refractivity contribution in [3.05, 3.63) is 62.0 Å². The van der Waals surface area contributed by atoms with Gasteiger partial charge in [-0.05, 0) is 54.8 Å². The van der Waals surface area contributed by atoms with Crippen molar-refractivity contribution in [2.75, 3.05) is 5.75 Å². The van der Waals surface area contributed by atoms with E-state index in [4.69, 9.17) is 0 Å². The lowest BCUT2D eigenvalue weighted by molar-refractivity contribution is -0.118. The van der Waals surface area contributed by atoms with Gasteiger partial charge in [0.25, 0.3) is 0 Å². The highest BCUT2D eigenvalue weighted by Gasteiger charge is 2.06. The number of thioether (sulfide) groups is 1. The van der Waals surface area contributed by atoms with E-state index in [1.165, 1.54) is 11.8 Å². The molecular formula is C17H16Br2N2OS. The first-order chi connectivity index (χ1) is 11.0. The molecule has 3 nitrogen and oxygen atoms in total. The molecule has 0 radical (unpaired) electrons. The molecule has 0 unspecified atom stereocenters. The maximum Gasteiger partial charge on any atom is 0.250 e. The molecule has 23 heavy (non-hydrogen) atoms. The van der Waals surface area contributed by atoms with Gasteiger partial charge in [-0.25, -0.2) is 5.43 Å². The lowest BCUT2D eigenvalue weighted by Crippen LogP contribution is -2.19. The van der Waals surface area contributed by atoms with E-state index in [1.807, 2.05) is 38.1 Å². The number of aryl methyl sites for hydroxylation is 2. The Morgan fingerprint density at radius 1 is 1.17 bits per heavy atom. The van der Waals surface area contributed by atoms with E-state index in [-0.39, 0.29) is 5.91 Å². The molecule has 0 heterocycles. The van der Waals surface area contributed by atoms with E-state index in [0.717, 1.165) is 30.5 Å². The summed E-state index contributed by atoms with van der Waals surface area (Å²) in [5.74, 6) is 0.211. The minimum absolute atomic E-state index is 0.122. The predicted molar refractivity (Wildman–Crippen MR) is 104 cm³/mol. The quantitative estimate of drug-likeness (QED) is 0.388. The van der Waals surface area contributed by atoms with E-state index in [2.05, 4.69) is 54.5 Å². The van der Waals surface area contributed by atoms with Crippen LogP contribution in [0.15, 0.2) is 55.3 Å². The predicted octanol–water partition coefficient (Wildman–Crippen LogP) is 5.07. The standard InChI is InChI=1S/C17H16Br2N2OS/c1-11-8-16(12(2)7-15(11)19)23-10-17(22)21-20-9-13-3-5-14(18)6-4-13/h3-9H,10H2,1-2H3,(H,21,22)/b20-9+. The molecule has 0 fully saturated rings. The summed E-state index contributed by atoms with van der Waals surface area (Å²) >= 11 is 8.40. The van der Waals surface area contributed by atoms with Crippen LogP contribution >= 0.6 is 43.6 Å². The fourth-order valence-corrected chi connectivity index (χ4v) is 3.43. The van der Waals surface area contributed by atoms with Crippen molar-refractivity contribution in [1.82, 2.24) is 5.43 Å². The van der Waals surface area contributed by atoms with Crippen LogP contribution in [0.3, 0.4) is 0 Å². The van der Waals surface area contributed by atoms with E-state index in [0.29, 0.717) is 5.75 Å². The smallest absolute Gasteiger partial charge is 0.250 e. The Bertz CT molecular complexity index is 730. The summed E-state index contributed by atoms with van der Waals surface area (Å²) in [6.07, 6.45) is 1.63. The third-order valence-electron chi connectivity index (χ3n) is 3.09. The van der Waals surface area contributed by atoms with Crippen molar-refractivity contribution in [2.45, 2.75) is 18.7 Å². The highest BCUT2D eigenvalue weighted by Crippen LogP contribution is 2.28. The average molecular weight is 456 g/mol. The lowest BCUT2D eigenvalue weighted by Gasteiger charge is -2.08. The van der Waals surface area contributed by atoms with Gasteiger partial charge in [-0.15, -0.1) is 11.8 Å². The largest absolute Gasteiger partial charge is 0.272 e. The molecule has 2 rings (SSSR count). The van der Waals surface area contributed by atoms with Gasteiger partial charge >= 0.3 is 0 Å². The zero-order valence-corrected chi connectivity index (χ0v) is 16.8. The second kappa shape index (κ2) is 8.66. The molecule has 120 valence electrons. The zero-order valence-electron chi connectivity index (χ0n) is 12.8. The molecule has 6 heteroatoms. The molecule has 2 aromatic carbocycles. The fraction of sp³-hybridized carbons (Fsp3) is 0.176. The first-order valence-corrected chi connectivity index (χ1v) is 9.50. The van der Waals surface area contributed by atoms with Crippen molar-refractivity contribution < 1.29 is 4.79 Å². The molecule has 0 aliphatic heterocycles. The number of halogens is 2. The Morgan fingerprint density at radius 3 is 2.57 bits per heavy atom. The summed E-state index contributed by atoms with van der Waals surface area (Å²) in [4.78, 5) is 13.0. The van der Waals surface area contributed by atoms with Gasteiger partial charge in [0.15, 0.2) is 0 Å². The first kappa shape index (κ1) is 18.2. The Balaban J connectivity index is 1.86. The number of nitrogens with zero attached hydrogens (tertiary/aromatic N) is 1. The van der Waals surface area contributed by atoms with Crippen molar-refractivity contribution >= 4 is 55.7 Å². The third-order valence-corrected chi connectivity index (χ3v) is 5.63. The molecule has 1 amide bonds. The molecular weight excluding hydrogens is 440 g/mol. The van der Waals surface area contributed by atoms with Crippen LogP contribution < -0.4 is 5.43 Å². The topological polar surface area (TPSA) is 41.5 Å². The Morgan fingerprint density at radius 2 is 1.87 bits per heavy atom. The molecule has 0 aliphatic rings. The van der Waals surface area contributed by atoms with Gasteiger partial charge in [0.05, 0.1) is 12.0 Å². The number of hydrogen-bond acceptors (Lipinski definition) is 3. The van der Waals surface area contributed by atoms with Crippen LogP contribution in [-0.4, -0.2) is 17.9 Å². The number of hydrogen-bond donors (Lipinski definition) is 1. The molecule has 1 N–H and O–H groups in total. The molecule has 0 spiro atoms. The van der Waals surface area contributed by atoms with Gasteiger partial charge in [0.1, 0.15) is 0 Å². The van der Waals surface area contributed by atoms with E-state index < -0.39 is 0 Å². The summed E-state index contributed by atoms with van der Waals surface area (Å²) in [7, 11) is 0. The van der Waals surface area contributed by atoms with Gasteiger partial charge < -0.3 is 0 Å². The molecule has 0 bridgehead atoms. The number of rotatable bonds is 5. The Hall–Kier alpha value is -1.11. The average Bonchev–Trinajstić information content (AvgIpc) is 2.51. The second-order valence-electron chi connectivity index (χ2n) is 5.00. The molecule has 0 atom stereocenters. The Kier molecular flexibility index (Phi) is 6.87. The highest BCUT2D eigenvalue weighted by atomic mass is 79.9. The number of hydrazone groups is 1. The van der Waals surface area contributed by atoms with Crippen LogP contribution in [0.5, 0.6) is 0 Å². The highest BCUT2D eigenvalue weighted by molar-refractivity contribution is 9.10. The normalized spacial score (nSPS) is 11.0. The SMILES string of the molecule is Cc1cc(SCC(=O)N/N=C/c2ccc(Br)cc2)c(C)cc1Br. The minimum Gasteiger partial charge on any atom is -0.272 e. The second-order valence-corrected chi connectivity index (χ2v) is 7.79. The maximum absolute atomic E-state index is 11.9. The fourth-order valence-electron chi connectivity index (χ4n) is 1.81. The van der Waals surface area contributed by atoms with Crippen LogP contribution in [0.1, 0.15) is 16.7 Å². The van der Waals surface area contributed by atoms with Gasteiger partial charge in [-0.3, -0.25) is 4.79 Å². The summed E-state index contributed by atoms with van der Waals surface area (Å²) in [5, 5.41) is 3.98. The minimum atomic E-state index is -0.122. The van der Waals surface area contributed by atoms with Crippen molar-refractivity contribution in [1.29, 1.82) is 0 Å². The number of benzene rings is 2. The van der Waals surface area contributed by atoms with E-state index in [9.17, 15) is 4.79 Å². The summed E-state index contributed by atoms with van der Waals surface area (Å²) in [6.45, 7) is 4.08. The summed E-state index contributed by atoms with van der Waals surface area (Å²) in [5.41, 5.74) is 5.79. The molecule has 0 saturated carbocycles. The number of carbonyl (C=O) groups is 1. The van der Waals surface area contributed by atoms with Crippen LogP contribution in [0.2, 0.25) is 0 Å². The van der Waals surface area contributed by atoms with Crippen molar-refractivity contribution in [3.63, 3.8) is 0 Å².